The highest BCUT2D eigenvalue weighted by Gasteiger charge is 2.51. The predicted molar refractivity (Wildman–Crippen MR) is 95.3 cm³/mol. The maximum Gasteiger partial charge on any atom is 0.303 e. The molecule has 140 valence electrons. The summed E-state index contributed by atoms with van der Waals surface area (Å²) >= 11 is 1.49. The molecule has 0 saturated carbocycles. The number of benzene rings is 1. The van der Waals surface area contributed by atoms with Crippen molar-refractivity contribution in [2.24, 2.45) is 5.11 Å². The minimum Gasteiger partial charge on any atom is -0.459 e. The number of azide groups is 1. The first-order valence-corrected chi connectivity index (χ1v) is 9.49. The maximum absolute atomic E-state index is 11.7. The van der Waals surface area contributed by atoms with Crippen LogP contribution in [0.25, 0.3) is 10.4 Å². The second-order valence-electron chi connectivity index (χ2n) is 5.94. The third-order valence-corrected chi connectivity index (χ3v) is 5.25. The van der Waals surface area contributed by atoms with E-state index >= 15 is 0 Å². The number of esters is 1. The number of fused-ring (bicyclic) bond motifs is 1. The van der Waals surface area contributed by atoms with Gasteiger partial charge in [0.25, 0.3) is 0 Å². The molecular formula is C17H21N3O5S. The minimum absolute atomic E-state index is 0.297. The molecule has 0 spiro atoms. The van der Waals surface area contributed by atoms with Crippen LogP contribution >= 0.6 is 11.8 Å². The van der Waals surface area contributed by atoms with E-state index in [1.807, 2.05) is 37.3 Å². The van der Waals surface area contributed by atoms with Gasteiger partial charge in [0.1, 0.15) is 29.8 Å². The Morgan fingerprint density at radius 3 is 2.81 bits per heavy atom. The lowest BCUT2D eigenvalue weighted by atomic mass is 9.97. The molecule has 0 bridgehead atoms. The van der Waals surface area contributed by atoms with Crippen molar-refractivity contribution in [1.82, 2.24) is 0 Å². The number of carbonyl (C=O) groups is 1. The number of ether oxygens (including phenoxy) is 4. The van der Waals surface area contributed by atoms with Crippen molar-refractivity contribution in [2.75, 3.05) is 12.4 Å². The SMILES string of the molecule is CCS[C@@H]1O[C@@H]2COC(c3ccccc3)O[C@@H]2[C@H](OC(C)=O)[C@H]1N=[N+]=[N-]. The van der Waals surface area contributed by atoms with E-state index < -0.39 is 42.0 Å². The van der Waals surface area contributed by atoms with Gasteiger partial charge in [-0.3, -0.25) is 4.79 Å². The average Bonchev–Trinajstić information content (AvgIpc) is 2.64. The normalized spacial score (nSPS) is 33.6. The molecule has 3 rings (SSSR count). The molecule has 1 aromatic rings. The van der Waals surface area contributed by atoms with E-state index in [0.717, 1.165) is 11.3 Å². The third kappa shape index (κ3) is 4.13. The van der Waals surface area contributed by atoms with E-state index in [1.54, 1.807) is 0 Å². The van der Waals surface area contributed by atoms with Crippen LogP contribution in [0.5, 0.6) is 0 Å². The van der Waals surface area contributed by atoms with Crippen molar-refractivity contribution < 1.29 is 23.7 Å². The van der Waals surface area contributed by atoms with Gasteiger partial charge in [-0.25, -0.2) is 0 Å². The first-order valence-electron chi connectivity index (χ1n) is 8.44. The monoisotopic (exact) mass is 379 g/mol. The largest absolute Gasteiger partial charge is 0.459 e. The van der Waals surface area contributed by atoms with Crippen molar-refractivity contribution in [3.8, 4) is 0 Å². The summed E-state index contributed by atoms with van der Waals surface area (Å²) in [6.07, 6.45) is -2.32. The quantitative estimate of drug-likeness (QED) is 0.337. The van der Waals surface area contributed by atoms with Gasteiger partial charge >= 0.3 is 5.97 Å². The molecular weight excluding hydrogens is 358 g/mol. The lowest BCUT2D eigenvalue weighted by molar-refractivity contribution is -0.306. The fraction of sp³-hybridized carbons (Fsp3) is 0.588. The molecule has 26 heavy (non-hydrogen) atoms. The zero-order chi connectivity index (χ0) is 18.5. The Kier molecular flexibility index (Phi) is 6.39. The highest BCUT2D eigenvalue weighted by Crippen LogP contribution is 2.39. The van der Waals surface area contributed by atoms with Crippen molar-refractivity contribution in [1.29, 1.82) is 0 Å². The summed E-state index contributed by atoms with van der Waals surface area (Å²) in [5, 5.41) is 3.84. The van der Waals surface area contributed by atoms with Crippen LogP contribution < -0.4 is 0 Å². The molecule has 1 unspecified atom stereocenters. The van der Waals surface area contributed by atoms with Crippen LogP contribution in [0.15, 0.2) is 35.4 Å². The van der Waals surface area contributed by atoms with Gasteiger partial charge in [0.05, 0.1) is 6.61 Å². The summed E-state index contributed by atoms with van der Waals surface area (Å²) in [5.41, 5.74) is 9.40. The first kappa shape index (κ1) is 19.0. The van der Waals surface area contributed by atoms with E-state index in [-0.39, 0.29) is 0 Å². The Morgan fingerprint density at radius 2 is 2.15 bits per heavy atom. The van der Waals surface area contributed by atoms with Gasteiger partial charge in [-0.15, -0.1) is 11.8 Å². The molecule has 1 aromatic carbocycles. The Morgan fingerprint density at radius 1 is 1.38 bits per heavy atom. The van der Waals surface area contributed by atoms with Gasteiger partial charge in [0, 0.05) is 17.4 Å². The standard InChI is InChI=1S/C17H21N3O5S/c1-3-26-17-13(19-20-18)15(23-10(2)21)14-12(24-17)9-22-16(25-14)11-7-5-4-6-8-11/h4-8,12-17H,3,9H2,1-2H3/t12-,13-,14+,15-,16?,17+/m1/s1. The van der Waals surface area contributed by atoms with Crippen LogP contribution in [0.1, 0.15) is 25.7 Å². The van der Waals surface area contributed by atoms with Crippen LogP contribution in [0, 0.1) is 0 Å². The van der Waals surface area contributed by atoms with Gasteiger partial charge in [0.15, 0.2) is 6.29 Å². The number of nitrogens with zero attached hydrogens (tertiary/aromatic N) is 3. The number of hydrogen-bond donors (Lipinski definition) is 0. The molecule has 2 heterocycles. The molecule has 8 nitrogen and oxygen atoms in total. The highest BCUT2D eigenvalue weighted by molar-refractivity contribution is 7.99. The number of carbonyl (C=O) groups excluding carboxylic acids is 1. The molecule has 9 heteroatoms. The topological polar surface area (TPSA) is 103 Å². The molecule has 6 atom stereocenters. The lowest BCUT2D eigenvalue weighted by Crippen LogP contribution is -2.61. The molecule has 0 aliphatic carbocycles. The zero-order valence-corrected chi connectivity index (χ0v) is 15.4. The maximum atomic E-state index is 11.7. The minimum atomic E-state index is -0.735. The van der Waals surface area contributed by atoms with Crippen LogP contribution in [0.2, 0.25) is 0 Å². The van der Waals surface area contributed by atoms with Crippen molar-refractivity contribution in [3.63, 3.8) is 0 Å². The summed E-state index contributed by atoms with van der Waals surface area (Å²) in [4.78, 5) is 14.6. The number of hydrogen-bond acceptors (Lipinski definition) is 7. The predicted octanol–water partition coefficient (Wildman–Crippen LogP) is 3.19. The second kappa shape index (κ2) is 8.75. The van der Waals surface area contributed by atoms with E-state index in [0.29, 0.717) is 6.61 Å². The lowest BCUT2D eigenvalue weighted by Gasteiger charge is -2.47. The first-order chi connectivity index (χ1) is 12.6. The molecule has 0 N–H and O–H groups in total. The fourth-order valence-corrected chi connectivity index (χ4v) is 4.11. The molecule has 0 radical (unpaired) electrons. The van der Waals surface area contributed by atoms with Gasteiger partial charge in [-0.05, 0) is 11.3 Å². The van der Waals surface area contributed by atoms with Gasteiger partial charge in [0.2, 0.25) is 0 Å². The van der Waals surface area contributed by atoms with Gasteiger partial charge in [-0.2, -0.15) is 0 Å². The summed E-state index contributed by atoms with van der Waals surface area (Å²) in [6.45, 7) is 3.60. The number of thioether (sulfide) groups is 1. The number of rotatable bonds is 5. The van der Waals surface area contributed by atoms with Crippen LogP contribution in [-0.2, 0) is 23.7 Å². The van der Waals surface area contributed by atoms with E-state index in [4.69, 9.17) is 24.5 Å². The summed E-state index contributed by atoms with van der Waals surface area (Å²) in [6, 6.07) is 8.82. The van der Waals surface area contributed by atoms with E-state index in [2.05, 4.69) is 10.0 Å². The molecule has 2 fully saturated rings. The Hall–Kier alpha value is -1.77. The van der Waals surface area contributed by atoms with E-state index in [1.165, 1.54) is 18.7 Å². The van der Waals surface area contributed by atoms with Crippen LogP contribution in [0.4, 0.5) is 0 Å². The van der Waals surface area contributed by atoms with Gasteiger partial charge in [-0.1, -0.05) is 42.4 Å². The van der Waals surface area contributed by atoms with Crippen molar-refractivity contribution >= 4 is 17.7 Å². The third-order valence-electron chi connectivity index (χ3n) is 4.20. The van der Waals surface area contributed by atoms with Crippen LogP contribution in [-0.4, -0.2) is 48.1 Å². The molecule has 2 saturated heterocycles. The highest BCUT2D eigenvalue weighted by atomic mass is 32.2. The van der Waals surface area contributed by atoms with Crippen molar-refractivity contribution in [2.45, 2.75) is 49.9 Å². The Balaban J connectivity index is 1.87. The summed E-state index contributed by atoms with van der Waals surface area (Å²) in [7, 11) is 0. The Labute approximate surface area is 155 Å². The van der Waals surface area contributed by atoms with E-state index in [9.17, 15) is 4.79 Å². The molecule has 2 aliphatic heterocycles. The van der Waals surface area contributed by atoms with Crippen molar-refractivity contribution in [3.05, 3.63) is 46.3 Å². The summed E-state index contributed by atoms with van der Waals surface area (Å²) in [5.74, 6) is 0.307. The summed E-state index contributed by atoms with van der Waals surface area (Å²) < 4.78 is 23.4. The smallest absolute Gasteiger partial charge is 0.303 e. The van der Waals surface area contributed by atoms with Crippen LogP contribution in [0.3, 0.4) is 0 Å². The molecule has 2 aliphatic rings. The molecule has 0 amide bonds. The fourth-order valence-electron chi connectivity index (χ4n) is 3.15. The molecule has 0 aromatic heterocycles. The second-order valence-corrected chi connectivity index (χ2v) is 7.32. The van der Waals surface area contributed by atoms with Gasteiger partial charge < -0.3 is 18.9 Å². The zero-order valence-electron chi connectivity index (χ0n) is 14.6. The Bertz CT molecular complexity index is 670. The average molecular weight is 379 g/mol.